The highest BCUT2D eigenvalue weighted by Gasteiger charge is 2.21. The van der Waals surface area contributed by atoms with Crippen molar-refractivity contribution in [2.45, 2.75) is 167 Å². The Morgan fingerprint density at radius 2 is 0.964 bits per heavy atom. The second-order valence-electron chi connectivity index (χ2n) is 9.29. The lowest BCUT2D eigenvalue weighted by Gasteiger charge is -2.28. The molecule has 3 atom stereocenters. The maximum absolute atomic E-state index is 2.53. The number of thioether (sulfide) groups is 1. The van der Waals surface area contributed by atoms with Gasteiger partial charge in [-0.05, 0) is 31.6 Å². The largest absolute Gasteiger partial charge is 0.155 e. The highest BCUT2D eigenvalue weighted by molar-refractivity contribution is 8.00. The van der Waals surface area contributed by atoms with Crippen LogP contribution in [0.3, 0.4) is 0 Å². The first-order chi connectivity index (χ1) is 13.7. The molecule has 0 bridgehead atoms. The molecule has 0 heterocycles. The van der Waals surface area contributed by atoms with Crippen LogP contribution in [0.25, 0.3) is 0 Å². The lowest BCUT2D eigenvalue weighted by atomic mass is 9.97. The molecular weight excluding hydrogens is 356 g/mol. The molecule has 3 unspecified atom stereocenters. The zero-order chi connectivity index (χ0) is 20.9. The molecule has 1 heteroatoms. The quantitative estimate of drug-likeness (QED) is 0.159. The van der Waals surface area contributed by atoms with E-state index in [-0.39, 0.29) is 0 Å². The molecule has 0 aromatic carbocycles. The van der Waals surface area contributed by atoms with Crippen molar-refractivity contribution in [2.75, 3.05) is 0 Å². The molecule has 0 N–H and O–H groups in total. The monoisotopic (exact) mass is 412 g/mol. The Hall–Kier alpha value is 0.350. The Balaban J connectivity index is 4.12. The van der Waals surface area contributed by atoms with Gasteiger partial charge < -0.3 is 0 Å². The van der Waals surface area contributed by atoms with Crippen LogP contribution in [0.1, 0.15) is 157 Å². The van der Waals surface area contributed by atoms with E-state index in [2.05, 4.69) is 46.4 Å². The summed E-state index contributed by atoms with van der Waals surface area (Å²) in [7, 11) is 0. The third kappa shape index (κ3) is 17.2. The number of unbranched alkanes of at least 4 members (excludes halogenated alkanes) is 12. The second-order valence-corrected chi connectivity index (χ2v) is 10.8. The third-order valence-corrected chi connectivity index (χ3v) is 8.43. The Bertz CT molecular complexity index is 288. The summed E-state index contributed by atoms with van der Waals surface area (Å²) in [6.07, 6.45) is 27.3. The Kier molecular flexibility index (Phi) is 22.3. The fourth-order valence-electron chi connectivity index (χ4n) is 4.38. The molecule has 0 radical (unpaired) electrons. The molecule has 0 aliphatic rings. The highest BCUT2D eigenvalue weighted by atomic mass is 32.2. The maximum Gasteiger partial charge on any atom is 0.00754 e. The number of hydrogen-bond donors (Lipinski definition) is 0. The minimum Gasteiger partial charge on any atom is -0.155 e. The van der Waals surface area contributed by atoms with Crippen LogP contribution in [0.4, 0.5) is 0 Å². The fourth-order valence-corrected chi connectivity index (χ4v) is 6.07. The van der Waals surface area contributed by atoms with E-state index >= 15 is 0 Å². The van der Waals surface area contributed by atoms with E-state index < -0.39 is 0 Å². The van der Waals surface area contributed by atoms with Gasteiger partial charge in [0.15, 0.2) is 0 Å². The molecule has 0 aromatic rings. The van der Waals surface area contributed by atoms with Crippen LogP contribution in [0.15, 0.2) is 0 Å². The van der Waals surface area contributed by atoms with Crippen molar-refractivity contribution in [3.8, 4) is 0 Å². The van der Waals surface area contributed by atoms with Crippen molar-refractivity contribution in [1.82, 2.24) is 0 Å². The smallest absolute Gasteiger partial charge is 0.00754 e. The summed E-state index contributed by atoms with van der Waals surface area (Å²) in [5, 5.41) is 1.81. The van der Waals surface area contributed by atoms with Crippen molar-refractivity contribution in [1.29, 1.82) is 0 Å². The molecule has 0 spiro atoms. The molecular formula is C27H56S. The van der Waals surface area contributed by atoms with Gasteiger partial charge in [0.2, 0.25) is 0 Å². The van der Waals surface area contributed by atoms with Gasteiger partial charge in [0.1, 0.15) is 0 Å². The summed E-state index contributed by atoms with van der Waals surface area (Å²) in [6.45, 7) is 11.9. The number of rotatable bonds is 22. The summed E-state index contributed by atoms with van der Waals surface area (Å²) in [5.41, 5.74) is 0. The van der Waals surface area contributed by atoms with E-state index in [0.717, 1.165) is 16.4 Å². The van der Waals surface area contributed by atoms with Crippen molar-refractivity contribution in [2.24, 2.45) is 5.92 Å². The Labute approximate surface area is 184 Å². The highest BCUT2D eigenvalue weighted by Crippen LogP contribution is 2.34. The van der Waals surface area contributed by atoms with Crippen LogP contribution in [0.2, 0.25) is 0 Å². The summed E-state index contributed by atoms with van der Waals surface area (Å²) in [6, 6.07) is 0. The Morgan fingerprint density at radius 3 is 1.43 bits per heavy atom. The molecule has 0 fully saturated rings. The first-order valence-electron chi connectivity index (χ1n) is 13.3. The molecule has 28 heavy (non-hydrogen) atoms. The van der Waals surface area contributed by atoms with E-state index in [1.165, 1.54) is 122 Å². The molecule has 0 nitrogen and oxygen atoms in total. The van der Waals surface area contributed by atoms with E-state index in [4.69, 9.17) is 0 Å². The van der Waals surface area contributed by atoms with Gasteiger partial charge in [-0.3, -0.25) is 0 Å². The fraction of sp³-hybridized carbons (Fsp3) is 1.00. The minimum absolute atomic E-state index is 0.901. The van der Waals surface area contributed by atoms with Crippen LogP contribution in [-0.2, 0) is 0 Å². The molecule has 0 amide bonds. The third-order valence-electron chi connectivity index (χ3n) is 6.42. The first-order valence-corrected chi connectivity index (χ1v) is 14.3. The van der Waals surface area contributed by atoms with Crippen LogP contribution >= 0.6 is 11.8 Å². The molecule has 0 saturated heterocycles. The summed E-state index contributed by atoms with van der Waals surface area (Å²) >= 11 is 2.38. The topological polar surface area (TPSA) is 0 Å². The van der Waals surface area contributed by atoms with Crippen LogP contribution in [-0.4, -0.2) is 10.5 Å². The van der Waals surface area contributed by atoms with E-state index in [1.807, 2.05) is 0 Å². The first kappa shape index (κ1) is 28.4. The summed E-state index contributed by atoms with van der Waals surface area (Å²) in [5.74, 6) is 0.901. The predicted octanol–water partition coefficient (Wildman–Crippen LogP) is 10.6. The van der Waals surface area contributed by atoms with Gasteiger partial charge in [-0.15, -0.1) is 0 Å². The van der Waals surface area contributed by atoms with Gasteiger partial charge in [0.05, 0.1) is 0 Å². The van der Waals surface area contributed by atoms with Gasteiger partial charge in [-0.1, -0.05) is 131 Å². The molecule has 0 aromatic heterocycles. The van der Waals surface area contributed by atoms with Crippen molar-refractivity contribution < 1.29 is 0 Å². The van der Waals surface area contributed by atoms with Crippen molar-refractivity contribution >= 4 is 11.8 Å². The van der Waals surface area contributed by atoms with Crippen LogP contribution < -0.4 is 0 Å². The van der Waals surface area contributed by atoms with Gasteiger partial charge in [0, 0.05) is 10.5 Å². The molecule has 0 rings (SSSR count). The van der Waals surface area contributed by atoms with Gasteiger partial charge >= 0.3 is 0 Å². The SMILES string of the molecule is CCCCCCCCCC(CC)SC(CCCCCCCCC)C(C)CCC. The van der Waals surface area contributed by atoms with Crippen LogP contribution in [0.5, 0.6) is 0 Å². The van der Waals surface area contributed by atoms with Gasteiger partial charge in [0.25, 0.3) is 0 Å². The van der Waals surface area contributed by atoms with Gasteiger partial charge in [-0.25, -0.2) is 0 Å². The average Bonchev–Trinajstić information content (AvgIpc) is 2.70. The number of hydrogen-bond acceptors (Lipinski definition) is 1. The molecule has 0 aliphatic carbocycles. The second kappa shape index (κ2) is 22.0. The predicted molar refractivity (Wildman–Crippen MR) is 135 cm³/mol. The molecule has 170 valence electrons. The summed E-state index contributed by atoms with van der Waals surface area (Å²) < 4.78 is 0. The lowest BCUT2D eigenvalue weighted by molar-refractivity contribution is 0.460. The summed E-state index contributed by atoms with van der Waals surface area (Å²) in [4.78, 5) is 0. The lowest BCUT2D eigenvalue weighted by Crippen LogP contribution is -2.19. The van der Waals surface area contributed by atoms with Gasteiger partial charge in [-0.2, -0.15) is 11.8 Å². The normalized spacial score (nSPS) is 14.9. The maximum atomic E-state index is 2.53. The Morgan fingerprint density at radius 1 is 0.500 bits per heavy atom. The molecule has 0 aliphatic heterocycles. The van der Waals surface area contributed by atoms with Crippen molar-refractivity contribution in [3.05, 3.63) is 0 Å². The van der Waals surface area contributed by atoms with E-state index in [0.29, 0.717) is 0 Å². The van der Waals surface area contributed by atoms with Crippen LogP contribution in [0, 0.1) is 5.92 Å². The standard InChI is InChI=1S/C27H56S/c1-6-10-12-14-16-18-20-23-26(9-4)28-27(25(5)22-8-3)24-21-19-17-15-13-11-7-2/h25-27H,6-24H2,1-5H3. The molecule has 0 saturated carbocycles. The minimum atomic E-state index is 0.901. The zero-order valence-electron chi connectivity index (χ0n) is 20.6. The average molecular weight is 413 g/mol. The van der Waals surface area contributed by atoms with E-state index in [9.17, 15) is 0 Å². The van der Waals surface area contributed by atoms with Crippen molar-refractivity contribution in [3.63, 3.8) is 0 Å². The van der Waals surface area contributed by atoms with E-state index in [1.54, 1.807) is 0 Å². The zero-order valence-corrected chi connectivity index (χ0v) is 21.4.